The van der Waals surface area contributed by atoms with Crippen molar-refractivity contribution in [2.75, 3.05) is 18.8 Å². The van der Waals surface area contributed by atoms with E-state index in [-0.39, 0.29) is 0 Å². The van der Waals surface area contributed by atoms with E-state index in [0.717, 1.165) is 18.7 Å². The van der Waals surface area contributed by atoms with Crippen LogP contribution >= 0.6 is 0 Å². The zero-order chi connectivity index (χ0) is 9.10. The summed E-state index contributed by atoms with van der Waals surface area (Å²) in [7, 11) is 0. The van der Waals surface area contributed by atoms with Gasteiger partial charge >= 0.3 is 0 Å². The first-order valence-electron chi connectivity index (χ1n) is 4.64. The van der Waals surface area contributed by atoms with Gasteiger partial charge in [-0.2, -0.15) is 0 Å². The zero-order valence-corrected chi connectivity index (χ0v) is 7.53. The fourth-order valence-electron chi connectivity index (χ4n) is 1.78. The molecule has 1 aromatic heterocycles. The smallest absolute Gasteiger partial charge is 0.130 e. The number of nitrogens with one attached hydrogen (secondary N) is 1. The van der Waals surface area contributed by atoms with Crippen LogP contribution in [0.5, 0.6) is 0 Å². The Balaban J connectivity index is 2.18. The standard InChI is InChI=1S/C9H14N4/c10-9-8(5-12-6-13-9)7-2-1-3-11-4-7/h5-7,11H,1-4H2,(H2,10,12,13). The van der Waals surface area contributed by atoms with Gasteiger partial charge in [0.05, 0.1) is 0 Å². The van der Waals surface area contributed by atoms with Crippen molar-refractivity contribution in [1.29, 1.82) is 0 Å². The number of rotatable bonds is 1. The van der Waals surface area contributed by atoms with E-state index in [4.69, 9.17) is 5.73 Å². The highest BCUT2D eigenvalue weighted by Gasteiger charge is 2.17. The van der Waals surface area contributed by atoms with Gasteiger partial charge < -0.3 is 11.1 Å². The molecule has 1 atom stereocenters. The summed E-state index contributed by atoms with van der Waals surface area (Å²) in [5.74, 6) is 1.12. The summed E-state index contributed by atoms with van der Waals surface area (Å²) in [6.45, 7) is 2.11. The summed E-state index contributed by atoms with van der Waals surface area (Å²) < 4.78 is 0. The maximum atomic E-state index is 5.77. The van der Waals surface area contributed by atoms with E-state index < -0.39 is 0 Å². The molecule has 13 heavy (non-hydrogen) atoms. The highest BCUT2D eigenvalue weighted by molar-refractivity contribution is 5.39. The van der Waals surface area contributed by atoms with Crippen molar-refractivity contribution < 1.29 is 0 Å². The van der Waals surface area contributed by atoms with E-state index in [1.807, 2.05) is 6.20 Å². The second-order valence-corrected chi connectivity index (χ2v) is 3.41. The molecule has 0 amide bonds. The van der Waals surface area contributed by atoms with Crippen LogP contribution in [0.3, 0.4) is 0 Å². The van der Waals surface area contributed by atoms with E-state index >= 15 is 0 Å². The summed E-state index contributed by atoms with van der Waals surface area (Å²) in [5, 5.41) is 3.35. The van der Waals surface area contributed by atoms with Gasteiger partial charge in [-0.15, -0.1) is 0 Å². The van der Waals surface area contributed by atoms with Crippen LogP contribution in [0.1, 0.15) is 24.3 Å². The van der Waals surface area contributed by atoms with Crippen molar-refractivity contribution in [3.05, 3.63) is 18.1 Å². The maximum absolute atomic E-state index is 5.77. The molecule has 3 N–H and O–H groups in total. The molecular formula is C9H14N4. The summed E-state index contributed by atoms with van der Waals surface area (Å²) >= 11 is 0. The molecule has 4 heteroatoms. The van der Waals surface area contributed by atoms with Crippen molar-refractivity contribution in [2.24, 2.45) is 0 Å². The molecule has 0 bridgehead atoms. The Bertz CT molecular complexity index is 281. The van der Waals surface area contributed by atoms with Gasteiger partial charge in [-0.05, 0) is 19.4 Å². The van der Waals surface area contributed by atoms with Crippen molar-refractivity contribution in [3.63, 3.8) is 0 Å². The topological polar surface area (TPSA) is 63.8 Å². The lowest BCUT2D eigenvalue weighted by atomic mass is 9.93. The van der Waals surface area contributed by atoms with Gasteiger partial charge in [0.25, 0.3) is 0 Å². The molecule has 0 saturated carbocycles. The highest BCUT2D eigenvalue weighted by atomic mass is 14.9. The molecule has 1 fully saturated rings. The van der Waals surface area contributed by atoms with Crippen molar-refractivity contribution >= 4 is 5.82 Å². The number of nitrogens with zero attached hydrogens (tertiary/aromatic N) is 2. The van der Waals surface area contributed by atoms with Gasteiger partial charge in [0.1, 0.15) is 12.1 Å². The fraction of sp³-hybridized carbons (Fsp3) is 0.556. The third-order valence-corrected chi connectivity index (χ3v) is 2.51. The predicted octanol–water partition coefficient (Wildman–Crippen LogP) is 0.526. The molecule has 1 aromatic rings. The predicted molar refractivity (Wildman–Crippen MR) is 51.3 cm³/mol. The van der Waals surface area contributed by atoms with E-state index in [2.05, 4.69) is 15.3 Å². The van der Waals surface area contributed by atoms with Gasteiger partial charge in [-0.3, -0.25) is 0 Å². The number of piperidine rings is 1. The van der Waals surface area contributed by atoms with Crippen LogP contribution < -0.4 is 11.1 Å². The summed E-state index contributed by atoms with van der Waals surface area (Å²) in [5.41, 5.74) is 6.86. The molecular weight excluding hydrogens is 164 g/mol. The monoisotopic (exact) mass is 178 g/mol. The van der Waals surface area contributed by atoms with Crippen LogP contribution in [-0.4, -0.2) is 23.1 Å². The van der Waals surface area contributed by atoms with Gasteiger partial charge in [0.2, 0.25) is 0 Å². The summed E-state index contributed by atoms with van der Waals surface area (Å²) in [4.78, 5) is 8.00. The second-order valence-electron chi connectivity index (χ2n) is 3.41. The molecule has 1 aliphatic heterocycles. The number of nitrogens with two attached hydrogens (primary N) is 1. The molecule has 1 saturated heterocycles. The van der Waals surface area contributed by atoms with Crippen molar-refractivity contribution in [2.45, 2.75) is 18.8 Å². The van der Waals surface area contributed by atoms with Gasteiger partial charge in [-0.25, -0.2) is 9.97 Å². The Morgan fingerprint density at radius 3 is 3.15 bits per heavy atom. The molecule has 1 unspecified atom stereocenters. The number of anilines is 1. The number of hydrogen-bond donors (Lipinski definition) is 2. The lowest BCUT2D eigenvalue weighted by Gasteiger charge is -2.23. The summed E-state index contributed by atoms with van der Waals surface area (Å²) in [6, 6.07) is 0. The molecule has 0 aromatic carbocycles. The Hall–Kier alpha value is -1.16. The van der Waals surface area contributed by atoms with E-state index in [1.54, 1.807) is 0 Å². The molecule has 1 aliphatic rings. The zero-order valence-electron chi connectivity index (χ0n) is 7.53. The van der Waals surface area contributed by atoms with Crippen LogP contribution in [0.25, 0.3) is 0 Å². The van der Waals surface area contributed by atoms with Gasteiger partial charge in [0.15, 0.2) is 0 Å². The number of nitrogen functional groups attached to an aromatic ring is 1. The van der Waals surface area contributed by atoms with E-state index in [1.165, 1.54) is 19.2 Å². The fourth-order valence-corrected chi connectivity index (χ4v) is 1.78. The highest BCUT2D eigenvalue weighted by Crippen LogP contribution is 2.25. The first-order chi connectivity index (χ1) is 6.38. The summed E-state index contributed by atoms with van der Waals surface area (Å²) in [6.07, 6.45) is 5.72. The van der Waals surface area contributed by atoms with Crippen molar-refractivity contribution in [3.8, 4) is 0 Å². The molecule has 0 aliphatic carbocycles. The molecule has 4 nitrogen and oxygen atoms in total. The number of hydrogen-bond acceptors (Lipinski definition) is 4. The minimum absolute atomic E-state index is 0.495. The maximum Gasteiger partial charge on any atom is 0.130 e. The quantitative estimate of drug-likeness (QED) is 0.658. The third kappa shape index (κ3) is 1.78. The Kier molecular flexibility index (Phi) is 2.40. The molecule has 0 spiro atoms. The Labute approximate surface area is 77.6 Å². The van der Waals surface area contributed by atoms with Crippen LogP contribution in [0.4, 0.5) is 5.82 Å². The lowest BCUT2D eigenvalue weighted by molar-refractivity contribution is 0.461. The third-order valence-electron chi connectivity index (χ3n) is 2.51. The molecule has 0 radical (unpaired) electrons. The van der Waals surface area contributed by atoms with Crippen LogP contribution in [0, 0.1) is 0 Å². The minimum Gasteiger partial charge on any atom is -0.383 e. The Morgan fingerprint density at radius 1 is 1.54 bits per heavy atom. The first kappa shape index (κ1) is 8.44. The van der Waals surface area contributed by atoms with Crippen LogP contribution in [-0.2, 0) is 0 Å². The molecule has 2 heterocycles. The van der Waals surface area contributed by atoms with Gasteiger partial charge in [0, 0.05) is 24.2 Å². The van der Waals surface area contributed by atoms with E-state index in [9.17, 15) is 0 Å². The van der Waals surface area contributed by atoms with Gasteiger partial charge in [-0.1, -0.05) is 0 Å². The van der Waals surface area contributed by atoms with E-state index in [0.29, 0.717) is 11.7 Å². The average molecular weight is 178 g/mol. The normalized spacial score (nSPS) is 22.9. The lowest BCUT2D eigenvalue weighted by Crippen LogP contribution is -2.29. The van der Waals surface area contributed by atoms with Crippen LogP contribution in [0.2, 0.25) is 0 Å². The second kappa shape index (κ2) is 3.70. The Morgan fingerprint density at radius 2 is 2.46 bits per heavy atom. The largest absolute Gasteiger partial charge is 0.383 e. The number of aromatic nitrogens is 2. The average Bonchev–Trinajstić information content (AvgIpc) is 2.20. The minimum atomic E-state index is 0.495. The van der Waals surface area contributed by atoms with Crippen LogP contribution in [0.15, 0.2) is 12.5 Å². The SMILES string of the molecule is Nc1ncncc1C1CCCNC1. The molecule has 70 valence electrons. The first-order valence-corrected chi connectivity index (χ1v) is 4.64. The van der Waals surface area contributed by atoms with Crippen molar-refractivity contribution in [1.82, 2.24) is 15.3 Å². The molecule has 2 rings (SSSR count).